The molecule has 1 aromatic carbocycles. The quantitative estimate of drug-likeness (QED) is 0.877. The van der Waals surface area contributed by atoms with E-state index in [-0.39, 0.29) is 5.56 Å². The van der Waals surface area contributed by atoms with E-state index in [0.717, 1.165) is 9.71 Å². The zero-order valence-electron chi connectivity index (χ0n) is 7.91. The maximum Gasteiger partial charge on any atom is 0.263 e. The fraction of sp³-hybridized carbons (Fsp3) is 0.300. The van der Waals surface area contributed by atoms with E-state index >= 15 is 0 Å². The van der Waals surface area contributed by atoms with E-state index in [1.54, 1.807) is 6.07 Å². The van der Waals surface area contributed by atoms with E-state index in [0.29, 0.717) is 18.5 Å². The van der Waals surface area contributed by atoms with Gasteiger partial charge in [-0.2, -0.15) is 0 Å². The first-order chi connectivity index (χ1) is 7.20. The monoisotopic (exact) mass is 228 g/mol. The minimum absolute atomic E-state index is 0.0205. The SMILES string of the molecule is NCCc1nc2cc(C(F)F)ccc2s1. The van der Waals surface area contributed by atoms with Crippen LogP contribution in [-0.2, 0) is 6.42 Å². The molecule has 2 rings (SSSR count). The summed E-state index contributed by atoms with van der Waals surface area (Å²) in [4.78, 5) is 4.25. The van der Waals surface area contributed by atoms with E-state index in [1.807, 2.05) is 0 Å². The summed E-state index contributed by atoms with van der Waals surface area (Å²) in [7, 11) is 0. The highest BCUT2D eigenvalue weighted by atomic mass is 32.1. The van der Waals surface area contributed by atoms with Crippen molar-refractivity contribution in [1.82, 2.24) is 4.98 Å². The zero-order chi connectivity index (χ0) is 10.8. The van der Waals surface area contributed by atoms with Crippen molar-refractivity contribution in [2.75, 3.05) is 6.54 Å². The van der Waals surface area contributed by atoms with Crippen LogP contribution in [0.5, 0.6) is 0 Å². The van der Waals surface area contributed by atoms with Crippen molar-refractivity contribution in [3.05, 3.63) is 28.8 Å². The van der Waals surface area contributed by atoms with Gasteiger partial charge in [0.25, 0.3) is 6.43 Å². The Morgan fingerprint density at radius 3 is 2.87 bits per heavy atom. The number of aromatic nitrogens is 1. The third kappa shape index (κ3) is 2.13. The summed E-state index contributed by atoms with van der Waals surface area (Å²) >= 11 is 1.51. The maximum atomic E-state index is 12.4. The van der Waals surface area contributed by atoms with E-state index in [4.69, 9.17) is 5.73 Å². The molecule has 1 aromatic heterocycles. The molecule has 0 fully saturated rings. The highest BCUT2D eigenvalue weighted by Gasteiger charge is 2.09. The summed E-state index contributed by atoms with van der Waals surface area (Å²) in [5.41, 5.74) is 6.07. The smallest absolute Gasteiger partial charge is 0.263 e. The number of halogens is 2. The van der Waals surface area contributed by atoms with Gasteiger partial charge in [-0.05, 0) is 18.7 Å². The van der Waals surface area contributed by atoms with Gasteiger partial charge in [0.05, 0.1) is 15.2 Å². The summed E-state index contributed by atoms with van der Waals surface area (Å²) in [5.74, 6) is 0. The van der Waals surface area contributed by atoms with Gasteiger partial charge in [-0.25, -0.2) is 13.8 Å². The highest BCUT2D eigenvalue weighted by Crippen LogP contribution is 2.27. The van der Waals surface area contributed by atoms with Crippen LogP contribution in [0.25, 0.3) is 10.2 Å². The fourth-order valence-corrected chi connectivity index (χ4v) is 2.32. The van der Waals surface area contributed by atoms with Gasteiger partial charge in [0.2, 0.25) is 0 Å². The Bertz CT molecular complexity index is 467. The minimum Gasteiger partial charge on any atom is -0.330 e. The summed E-state index contributed by atoms with van der Waals surface area (Å²) in [6.07, 6.45) is -1.74. The molecule has 0 bridgehead atoms. The van der Waals surface area contributed by atoms with Crippen molar-refractivity contribution in [1.29, 1.82) is 0 Å². The van der Waals surface area contributed by atoms with E-state index < -0.39 is 6.43 Å². The Morgan fingerprint density at radius 1 is 1.40 bits per heavy atom. The van der Waals surface area contributed by atoms with Crippen molar-refractivity contribution < 1.29 is 8.78 Å². The van der Waals surface area contributed by atoms with Crippen LogP contribution in [0.1, 0.15) is 17.0 Å². The fourth-order valence-electron chi connectivity index (χ4n) is 1.36. The number of thiazole rings is 1. The lowest BCUT2D eigenvalue weighted by Crippen LogP contribution is -2.01. The predicted molar refractivity (Wildman–Crippen MR) is 57.3 cm³/mol. The third-order valence-electron chi connectivity index (χ3n) is 2.07. The predicted octanol–water partition coefficient (Wildman–Crippen LogP) is 2.74. The number of benzene rings is 1. The molecule has 2 nitrogen and oxygen atoms in total. The van der Waals surface area contributed by atoms with Crippen molar-refractivity contribution in [3.8, 4) is 0 Å². The summed E-state index contributed by atoms with van der Waals surface area (Å²) in [6, 6.07) is 4.57. The molecule has 0 radical (unpaired) electrons. The number of hydrogen-bond acceptors (Lipinski definition) is 3. The Morgan fingerprint density at radius 2 is 2.20 bits per heavy atom. The molecule has 0 amide bonds. The second-order valence-corrected chi connectivity index (χ2v) is 4.29. The van der Waals surface area contributed by atoms with E-state index in [9.17, 15) is 8.78 Å². The molecule has 0 spiro atoms. The van der Waals surface area contributed by atoms with Crippen LogP contribution in [0.4, 0.5) is 8.78 Å². The molecule has 0 unspecified atom stereocenters. The Balaban J connectivity index is 2.43. The van der Waals surface area contributed by atoms with Crippen LogP contribution >= 0.6 is 11.3 Å². The van der Waals surface area contributed by atoms with E-state index in [1.165, 1.54) is 23.5 Å². The largest absolute Gasteiger partial charge is 0.330 e. The lowest BCUT2D eigenvalue weighted by Gasteiger charge is -1.97. The third-order valence-corrected chi connectivity index (χ3v) is 3.16. The molecule has 2 aromatic rings. The van der Waals surface area contributed by atoms with Crippen molar-refractivity contribution in [3.63, 3.8) is 0 Å². The maximum absolute atomic E-state index is 12.4. The number of alkyl halides is 2. The molecule has 80 valence electrons. The average molecular weight is 228 g/mol. The zero-order valence-corrected chi connectivity index (χ0v) is 8.73. The number of nitrogens with zero attached hydrogens (tertiary/aromatic N) is 1. The first-order valence-electron chi connectivity index (χ1n) is 4.58. The Hall–Kier alpha value is -1.07. The number of nitrogens with two attached hydrogens (primary N) is 1. The molecule has 0 aliphatic carbocycles. The first-order valence-corrected chi connectivity index (χ1v) is 5.40. The van der Waals surface area contributed by atoms with Crippen LogP contribution in [0, 0.1) is 0 Å². The molecular weight excluding hydrogens is 218 g/mol. The molecule has 0 aliphatic rings. The summed E-state index contributed by atoms with van der Waals surface area (Å²) < 4.78 is 25.7. The van der Waals surface area contributed by atoms with Gasteiger partial charge in [-0.15, -0.1) is 11.3 Å². The lowest BCUT2D eigenvalue weighted by molar-refractivity contribution is 0.151. The van der Waals surface area contributed by atoms with Crippen LogP contribution < -0.4 is 5.73 Å². The van der Waals surface area contributed by atoms with Crippen LogP contribution in [0.15, 0.2) is 18.2 Å². The average Bonchev–Trinajstić information content (AvgIpc) is 2.59. The molecule has 5 heteroatoms. The van der Waals surface area contributed by atoms with Gasteiger partial charge in [0, 0.05) is 12.0 Å². The molecule has 1 heterocycles. The molecule has 0 aliphatic heterocycles. The van der Waals surface area contributed by atoms with Gasteiger partial charge in [-0.3, -0.25) is 0 Å². The van der Waals surface area contributed by atoms with Crippen molar-refractivity contribution in [2.45, 2.75) is 12.8 Å². The van der Waals surface area contributed by atoms with Crippen LogP contribution in [-0.4, -0.2) is 11.5 Å². The van der Waals surface area contributed by atoms with Crippen molar-refractivity contribution in [2.24, 2.45) is 5.73 Å². The van der Waals surface area contributed by atoms with Gasteiger partial charge in [-0.1, -0.05) is 6.07 Å². The lowest BCUT2D eigenvalue weighted by atomic mass is 10.2. The van der Waals surface area contributed by atoms with Gasteiger partial charge >= 0.3 is 0 Å². The first kappa shape index (κ1) is 10.4. The number of hydrogen-bond donors (Lipinski definition) is 1. The van der Waals surface area contributed by atoms with Gasteiger partial charge < -0.3 is 5.73 Å². The second kappa shape index (κ2) is 4.20. The molecule has 0 atom stereocenters. The van der Waals surface area contributed by atoms with Gasteiger partial charge in [0.1, 0.15) is 0 Å². The number of rotatable bonds is 3. The second-order valence-electron chi connectivity index (χ2n) is 3.17. The highest BCUT2D eigenvalue weighted by molar-refractivity contribution is 7.18. The molecule has 0 saturated heterocycles. The molecular formula is C10H10F2N2S. The van der Waals surface area contributed by atoms with Crippen molar-refractivity contribution >= 4 is 21.6 Å². The minimum atomic E-state index is -2.44. The van der Waals surface area contributed by atoms with Crippen LogP contribution in [0.2, 0.25) is 0 Å². The van der Waals surface area contributed by atoms with Crippen LogP contribution in [0.3, 0.4) is 0 Å². The molecule has 2 N–H and O–H groups in total. The van der Waals surface area contributed by atoms with Gasteiger partial charge in [0.15, 0.2) is 0 Å². The molecule has 15 heavy (non-hydrogen) atoms. The Kier molecular flexibility index (Phi) is 2.93. The summed E-state index contributed by atoms with van der Waals surface area (Å²) in [5, 5.41) is 0.902. The normalized spacial score (nSPS) is 11.5. The topological polar surface area (TPSA) is 38.9 Å². The summed E-state index contributed by atoms with van der Waals surface area (Å²) in [6.45, 7) is 0.529. The standard InChI is InChI=1S/C10H10F2N2S/c11-10(12)6-1-2-8-7(5-6)14-9(15-8)3-4-13/h1-2,5,10H,3-4,13H2. The molecule has 0 saturated carbocycles. The Labute approximate surface area is 89.7 Å². The number of fused-ring (bicyclic) bond motifs is 1. The van der Waals surface area contributed by atoms with E-state index in [2.05, 4.69) is 4.98 Å².